The third-order valence-electron chi connectivity index (χ3n) is 5.04. The van der Waals surface area contributed by atoms with E-state index in [9.17, 15) is 18.0 Å². The van der Waals surface area contributed by atoms with Crippen LogP contribution in [0, 0.1) is 17.5 Å². The lowest BCUT2D eigenvalue weighted by Crippen LogP contribution is -2.51. The van der Waals surface area contributed by atoms with E-state index < -0.39 is 23.4 Å². The number of benzene rings is 2. The Morgan fingerprint density at radius 3 is 2.39 bits per heavy atom. The second kappa shape index (κ2) is 8.72. The van der Waals surface area contributed by atoms with Crippen LogP contribution in [0.25, 0.3) is 0 Å². The van der Waals surface area contributed by atoms with Crippen molar-refractivity contribution in [1.29, 1.82) is 0 Å². The Kier molecular flexibility index (Phi) is 6.33. The molecule has 0 aliphatic carbocycles. The normalized spacial score (nSPS) is 18.2. The number of carbonyl (C=O) groups excluding carboxylic acids is 1. The molecule has 2 N–H and O–H groups in total. The van der Waals surface area contributed by atoms with Crippen molar-refractivity contribution < 1.29 is 23.2 Å². The van der Waals surface area contributed by atoms with Crippen LogP contribution in [-0.4, -0.2) is 46.6 Å². The van der Waals surface area contributed by atoms with E-state index in [1.54, 1.807) is 17.6 Å². The fraction of sp³-hybridized carbons (Fsp3) is 0.350. The Morgan fingerprint density at radius 1 is 1.07 bits per heavy atom. The topological polar surface area (TPSA) is 55.8 Å². The molecule has 150 valence electrons. The lowest BCUT2D eigenvalue weighted by atomic mass is 10.1. The monoisotopic (exact) mass is 393 g/mol. The molecule has 5 nitrogen and oxygen atoms in total. The quantitative estimate of drug-likeness (QED) is 0.466. The van der Waals surface area contributed by atoms with Gasteiger partial charge in [-0.15, -0.1) is 0 Å². The Morgan fingerprint density at radius 2 is 1.75 bits per heavy atom. The predicted octanol–water partition coefficient (Wildman–Crippen LogP) is 2.93. The summed E-state index contributed by atoms with van der Waals surface area (Å²) in [5, 5.41) is 8.65. The first-order chi connectivity index (χ1) is 13.4. The molecule has 0 unspecified atom stereocenters. The van der Waals surface area contributed by atoms with Gasteiger partial charge in [0.25, 0.3) is 5.91 Å². The largest absolute Gasteiger partial charge is 0.296 e. The Labute approximate surface area is 161 Å². The number of hydrogen-bond acceptors (Lipinski definition) is 4. The van der Waals surface area contributed by atoms with Crippen LogP contribution in [0.4, 0.5) is 13.2 Å². The average Bonchev–Trinajstić information content (AvgIpc) is 2.68. The smallest absolute Gasteiger partial charge is 0.274 e. The van der Waals surface area contributed by atoms with E-state index >= 15 is 0 Å². The molecule has 3 rings (SSSR count). The van der Waals surface area contributed by atoms with E-state index in [-0.39, 0.29) is 18.2 Å². The maximum absolute atomic E-state index is 13.9. The van der Waals surface area contributed by atoms with Crippen LogP contribution in [0.3, 0.4) is 0 Å². The molecule has 1 fully saturated rings. The lowest BCUT2D eigenvalue weighted by Gasteiger charge is -2.40. The van der Waals surface area contributed by atoms with Crippen molar-refractivity contribution in [1.82, 2.24) is 15.3 Å². The maximum atomic E-state index is 13.9. The molecule has 1 aliphatic rings. The van der Waals surface area contributed by atoms with Crippen LogP contribution in [-0.2, 0) is 13.1 Å². The third-order valence-corrected chi connectivity index (χ3v) is 5.04. The molecule has 1 saturated heterocycles. The molecular formula is C20H22F3N3O2. The summed E-state index contributed by atoms with van der Waals surface area (Å²) in [7, 11) is 0. The van der Waals surface area contributed by atoms with Crippen molar-refractivity contribution in [3.63, 3.8) is 0 Å². The van der Waals surface area contributed by atoms with Gasteiger partial charge >= 0.3 is 0 Å². The van der Waals surface area contributed by atoms with Gasteiger partial charge in [-0.1, -0.05) is 12.1 Å². The van der Waals surface area contributed by atoms with Crippen LogP contribution in [0.2, 0.25) is 0 Å². The maximum Gasteiger partial charge on any atom is 0.274 e. The average molecular weight is 393 g/mol. The molecule has 2 aromatic rings. The first kappa shape index (κ1) is 20.3. The first-order valence-electron chi connectivity index (χ1n) is 9.00. The second-order valence-corrected chi connectivity index (χ2v) is 7.05. The SMILES string of the molecule is C[C@H]1CN(Cc2cc(F)c(F)cc2F)CCN1Cc1ccc(C(=O)NO)cc1. The van der Waals surface area contributed by atoms with E-state index in [1.807, 2.05) is 17.0 Å². The summed E-state index contributed by atoms with van der Waals surface area (Å²) >= 11 is 0. The van der Waals surface area contributed by atoms with Crippen LogP contribution in [0.15, 0.2) is 36.4 Å². The molecule has 1 aliphatic heterocycles. The van der Waals surface area contributed by atoms with Gasteiger partial charge in [-0.3, -0.25) is 19.8 Å². The number of halogens is 3. The molecule has 1 amide bonds. The highest BCUT2D eigenvalue weighted by molar-refractivity contribution is 5.93. The van der Waals surface area contributed by atoms with Gasteiger partial charge in [-0.2, -0.15) is 0 Å². The summed E-state index contributed by atoms with van der Waals surface area (Å²) in [5.41, 5.74) is 3.15. The molecule has 0 aromatic heterocycles. The third kappa shape index (κ3) is 4.70. The van der Waals surface area contributed by atoms with Crippen molar-refractivity contribution in [3.05, 3.63) is 70.5 Å². The molecular weight excluding hydrogens is 371 g/mol. The molecule has 0 radical (unpaired) electrons. The molecule has 0 saturated carbocycles. The lowest BCUT2D eigenvalue weighted by molar-refractivity contribution is 0.0704. The van der Waals surface area contributed by atoms with Gasteiger partial charge < -0.3 is 0 Å². The number of nitrogens with one attached hydrogen (secondary N) is 1. The van der Waals surface area contributed by atoms with Gasteiger partial charge in [-0.25, -0.2) is 18.7 Å². The number of hydrogen-bond donors (Lipinski definition) is 2. The number of hydroxylamine groups is 1. The zero-order valence-electron chi connectivity index (χ0n) is 15.5. The van der Waals surface area contributed by atoms with Gasteiger partial charge in [0.05, 0.1) is 0 Å². The minimum Gasteiger partial charge on any atom is -0.296 e. The van der Waals surface area contributed by atoms with E-state index in [0.717, 1.165) is 18.2 Å². The summed E-state index contributed by atoms with van der Waals surface area (Å²) in [5.74, 6) is -3.51. The number of amides is 1. The van der Waals surface area contributed by atoms with Gasteiger partial charge in [0.2, 0.25) is 0 Å². The van der Waals surface area contributed by atoms with Gasteiger partial charge in [0.15, 0.2) is 11.6 Å². The van der Waals surface area contributed by atoms with Crippen LogP contribution in [0.1, 0.15) is 28.4 Å². The van der Waals surface area contributed by atoms with E-state index in [1.165, 1.54) is 0 Å². The summed E-state index contributed by atoms with van der Waals surface area (Å²) < 4.78 is 40.3. The van der Waals surface area contributed by atoms with Crippen molar-refractivity contribution >= 4 is 5.91 Å². The summed E-state index contributed by atoms with van der Waals surface area (Å²) in [6.07, 6.45) is 0. The highest BCUT2D eigenvalue weighted by atomic mass is 19.2. The second-order valence-electron chi connectivity index (χ2n) is 7.05. The Hall–Kier alpha value is -2.42. The van der Waals surface area contributed by atoms with E-state index in [0.29, 0.717) is 31.3 Å². The minimum absolute atomic E-state index is 0.150. The zero-order valence-corrected chi connectivity index (χ0v) is 15.5. The van der Waals surface area contributed by atoms with Crippen LogP contribution in [0.5, 0.6) is 0 Å². The van der Waals surface area contributed by atoms with E-state index in [2.05, 4.69) is 11.8 Å². The molecule has 28 heavy (non-hydrogen) atoms. The van der Waals surface area contributed by atoms with Crippen molar-refractivity contribution in [3.8, 4) is 0 Å². The van der Waals surface area contributed by atoms with Crippen molar-refractivity contribution in [2.45, 2.75) is 26.1 Å². The minimum atomic E-state index is -1.18. The zero-order chi connectivity index (χ0) is 20.3. The Balaban J connectivity index is 1.58. The summed E-state index contributed by atoms with van der Waals surface area (Å²) in [6.45, 7) is 5.06. The fourth-order valence-electron chi connectivity index (χ4n) is 3.44. The fourth-order valence-corrected chi connectivity index (χ4v) is 3.44. The highest BCUT2D eigenvalue weighted by Crippen LogP contribution is 2.19. The van der Waals surface area contributed by atoms with Gasteiger partial charge in [0.1, 0.15) is 5.82 Å². The predicted molar refractivity (Wildman–Crippen MR) is 97.2 cm³/mol. The standard InChI is InChI=1S/C20H22F3N3O2/c1-13-10-25(12-16-8-18(22)19(23)9-17(16)21)6-7-26(13)11-14-2-4-15(5-3-14)20(27)24-28/h2-5,8-9,13,28H,6-7,10-12H2,1H3,(H,24,27)/t13-/m0/s1. The Bertz CT molecular complexity index is 845. The molecule has 1 atom stereocenters. The number of rotatable bonds is 5. The highest BCUT2D eigenvalue weighted by Gasteiger charge is 2.24. The summed E-state index contributed by atoms with van der Waals surface area (Å²) in [4.78, 5) is 15.7. The van der Waals surface area contributed by atoms with Crippen molar-refractivity contribution in [2.24, 2.45) is 0 Å². The molecule has 2 aromatic carbocycles. The number of piperazine rings is 1. The van der Waals surface area contributed by atoms with E-state index in [4.69, 9.17) is 5.21 Å². The molecule has 8 heteroatoms. The molecule has 0 bridgehead atoms. The number of nitrogens with zero attached hydrogens (tertiary/aromatic N) is 2. The van der Waals surface area contributed by atoms with Gasteiger partial charge in [0, 0.05) is 56.0 Å². The summed E-state index contributed by atoms with van der Waals surface area (Å²) in [6, 6.07) is 8.65. The van der Waals surface area contributed by atoms with Crippen LogP contribution < -0.4 is 5.48 Å². The van der Waals surface area contributed by atoms with Crippen LogP contribution >= 0.6 is 0 Å². The molecule has 0 spiro atoms. The number of carbonyl (C=O) groups is 1. The van der Waals surface area contributed by atoms with Gasteiger partial charge in [-0.05, 0) is 30.7 Å². The first-order valence-corrected chi connectivity index (χ1v) is 9.00. The molecule has 1 heterocycles. The van der Waals surface area contributed by atoms with Crippen molar-refractivity contribution in [2.75, 3.05) is 19.6 Å².